The van der Waals surface area contributed by atoms with Crippen LogP contribution in [-0.4, -0.2) is 31.6 Å². The average Bonchev–Trinajstić information content (AvgIpc) is 2.70. The number of carbonyl (C=O) groups excluding carboxylic acids is 1. The predicted molar refractivity (Wildman–Crippen MR) is 96.4 cm³/mol. The van der Waals surface area contributed by atoms with E-state index in [2.05, 4.69) is 17.1 Å². The average molecular weight is 337 g/mol. The lowest BCUT2D eigenvalue weighted by Crippen LogP contribution is -2.56. The molecule has 0 saturated heterocycles. The van der Waals surface area contributed by atoms with Crippen molar-refractivity contribution in [2.45, 2.75) is 18.6 Å². The molecule has 4 nitrogen and oxygen atoms in total. The van der Waals surface area contributed by atoms with Crippen LogP contribution in [0.25, 0.3) is 0 Å². The van der Waals surface area contributed by atoms with Gasteiger partial charge < -0.3 is 9.47 Å². The second-order valence-corrected chi connectivity index (χ2v) is 7.01. The molecule has 5 rings (SSSR count). The number of amides is 1. The number of methoxy groups -OCH3 is 2. The van der Waals surface area contributed by atoms with Crippen molar-refractivity contribution >= 4 is 11.6 Å². The first-order chi connectivity index (χ1) is 12.2. The second-order valence-electron chi connectivity index (χ2n) is 7.01. The van der Waals surface area contributed by atoms with E-state index in [1.165, 1.54) is 0 Å². The SMILES string of the molecule is COC1(OC)C=CC(=NC(=O)c2ccccc2)[C@H]2[C@@H]1[C@H]1C=C[C@@H]2CC1. The first-order valence-corrected chi connectivity index (χ1v) is 8.84. The van der Waals surface area contributed by atoms with Gasteiger partial charge in [0.15, 0.2) is 5.79 Å². The van der Waals surface area contributed by atoms with Gasteiger partial charge in [0.05, 0.1) is 0 Å². The molecule has 1 aromatic rings. The molecule has 0 unspecified atom stereocenters. The zero-order valence-corrected chi connectivity index (χ0v) is 14.6. The number of nitrogens with zero attached hydrogens (tertiary/aromatic N) is 1. The van der Waals surface area contributed by atoms with Gasteiger partial charge in [-0.05, 0) is 49.0 Å². The molecule has 4 atom stereocenters. The van der Waals surface area contributed by atoms with Crippen LogP contribution in [0.5, 0.6) is 0 Å². The van der Waals surface area contributed by atoms with E-state index in [1.54, 1.807) is 26.4 Å². The Kier molecular flexibility index (Phi) is 4.18. The fourth-order valence-corrected chi connectivity index (χ4v) is 4.74. The van der Waals surface area contributed by atoms with Crippen LogP contribution >= 0.6 is 0 Å². The van der Waals surface area contributed by atoms with E-state index >= 15 is 0 Å². The van der Waals surface area contributed by atoms with Gasteiger partial charge in [-0.3, -0.25) is 4.79 Å². The van der Waals surface area contributed by atoms with Gasteiger partial charge in [-0.1, -0.05) is 30.4 Å². The monoisotopic (exact) mass is 337 g/mol. The third-order valence-corrected chi connectivity index (χ3v) is 5.93. The summed E-state index contributed by atoms with van der Waals surface area (Å²) in [6.07, 6.45) is 10.7. The molecule has 1 amide bonds. The molecule has 0 N–H and O–H groups in total. The molecule has 25 heavy (non-hydrogen) atoms. The number of ether oxygens (including phenoxy) is 2. The first kappa shape index (κ1) is 16.4. The van der Waals surface area contributed by atoms with Crippen molar-refractivity contribution in [1.82, 2.24) is 0 Å². The maximum Gasteiger partial charge on any atom is 0.277 e. The van der Waals surface area contributed by atoms with Crippen LogP contribution in [0.2, 0.25) is 0 Å². The normalized spacial score (nSPS) is 33.4. The smallest absolute Gasteiger partial charge is 0.277 e. The molecule has 0 radical (unpaired) electrons. The molecule has 1 saturated carbocycles. The molecular weight excluding hydrogens is 314 g/mol. The third-order valence-electron chi connectivity index (χ3n) is 5.93. The summed E-state index contributed by atoms with van der Waals surface area (Å²) < 4.78 is 11.6. The Hall–Kier alpha value is -2.04. The van der Waals surface area contributed by atoms with Crippen LogP contribution in [-0.2, 0) is 9.47 Å². The van der Waals surface area contributed by atoms with Crippen molar-refractivity contribution in [2.24, 2.45) is 28.7 Å². The molecule has 2 bridgehead atoms. The Morgan fingerprint density at radius 1 is 1.08 bits per heavy atom. The number of fused-ring (bicyclic) bond motifs is 1. The highest BCUT2D eigenvalue weighted by Crippen LogP contribution is 2.53. The van der Waals surface area contributed by atoms with Gasteiger partial charge in [-0.2, -0.15) is 0 Å². The van der Waals surface area contributed by atoms with E-state index < -0.39 is 5.79 Å². The zero-order chi connectivity index (χ0) is 17.4. The molecule has 4 aliphatic carbocycles. The van der Waals surface area contributed by atoms with Crippen LogP contribution in [0, 0.1) is 23.7 Å². The van der Waals surface area contributed by atoms with Gasteiger partial charge in [0.2, 0.25) is 0 Å². The van der Waals surface area contributed by atoms with Gasteiger partial charge in [0.1, 0.15) is 0 Å². The van der Waals surface area contributed by atoms with Crippen molar-refractivity contribution in [3.05, 3.63) is 60.2 Å². The summed E-state index contributed by atoms with van der Waals surface area (Å²) >= 11 is 0. The van der Waals surface area contributed by atoms with E-state index in [9.17, 15) is 4.79 Å². The lowest BCUT2D eigenvalue weighted by Gasteiger charge is -2.53. The minimum absolute atomic E-state index is 0.151. The topological polar surface area (TPSA) is 47.9 Å². The minimum Gasteiger partial charge on any atom is -0.349 e. The highest BCUT2D eigenvalue weighted by atomic mass is 16.7. The fourth-order valence-electron chi connectivity index (χ4n) is 4.74. The molecular formula is C21H23NO3. The first-order valence-electron chi connectivity index (χ1n) is 8.84. The van der Waals surface area contributed by atoms with Crippen molar-refractivity contribution in [2.75, 3.05) is 14.2 Å². The Morgan fingerprint density at radius 2 is 1.76 bits per heavy atom. The number of rotatable bonds is 3. The lowest BCUT2D eigenvalue weighted by molar-refractivity contribution is -0.229. The number of benzene rings is 1. The van der Waals surface area contributed by atoms with Crippen molar-refractivity contribution in [3.63, 3.8) is 0 Å². The van der Waals surface area contributed by atoms with Crippen molar-refractivity contribution in [1.29, 1.82) is 0 Å². The standard InChI is InChI=1S/C21H23NO3/c1-24-21(25-2)13-12-17(22-20(23)16-6-4-3-5-7-16)18-14-8-10-15(11-9-14)19(18)21/h3-8,10,12-15,18-19H,9,11H2,1-2H3/t14-,15+,18+,19+/m1/s1. The Morgan fingerprint density at radius 3 is 2.40 bits per heavy atom. The molecule has 4 aliphatic rings. The van der Waals surface area contributed by atoms with Crippen molar-refractivity contribution in [3.8, 4) is 0 Å². The molecule has 0 spiro atoms. The summed E-state index contributed by atoms with van der Waals surface area (Å²) in [6, 6.07) is 9.23. The van der Waals surface area contributed by atoms with Gasteiger partial charge in [0.25, 0.3) is 5.91 Å². The molecule has 0 aromatic heterocycles. The summed E-state index contributed by atoms with van der Waals surface area (Å²) in [4.78, 5) is 17.1. The highest BCUT2D eigenvalue weighted by molar-refractivity contribution is 6.09. The molecule has 1 aromatic carbocycles. The van der Waals surface area contributed by atoms with Crippen LogP contribution in [0.1, 0.15) is 23.2 Å². The van der Waals surface area contributed by atoms with Crippen LogP contribution in [0.3, 0.4) is 0 Å². The zero-order valence-electron chi connectivity index (χ0n) is 14.6. The molecule has 1 fully saturated rings. The summed E-state index contributed by atoms with van der Waals surface area (Å²) in [7, 11) is 3.38. The maximum absolute atomic E-state index is 12.6. The van der Waals surface area contributed by atoms with E-state index in [1.807, 2.05) is 30.4 Å². The number of hydrogen-bond acceptors (Lipinski definition) is 3. The summed E-state index contributed by atoms with van der Waals surface area (Å²) in [5.41, 5.74) is 1.47. The van der Waals surface area contributed by atoms with Gasteiger partial charge in [-0.25, -0.2) is 4.99 Å². The Bertz CT molecular complexity index is 746. The minimum atomic E-state index is -0.742. The predicted octanol–water partition coefficient (Wildman–Crippen LogP) is 3.66. The van der Waals surface area contributed by atoms with Crippen LogP contribution in [0.4, 0.5) is 0 Å². The van der Waals surface area contributed by atoms with E-state index in [0.717, 1.165) is 18.6 Å². The number of carbonyl (C=O) groups is 1. The van der Waals surface area contributed by atoms with Crippen LogP contribution < -0.4 is 0 Å². The number of hydrogen-bond donors (Lipinski definition) is 0. The summed E-state index contributed by atoms with van der Waals surface area (Å²) in [5.74, 6) is 0.142. The van der Waals surface area contributed by atoms with Gasteiger partial charge in [0, 0.05) is 37.3 Å². The van der Waals surface area contributed by atoms with Gasteiger partial charge in [-0.15, -0.1) is 0 Å². The number of allylic oxidation sites excluding steroid dienone is 3. The quantitative estimate of drug-likeness (QED) is 0.625. The maximum atomic E-state index is 12.6. The number of aliphatic imine (C=N–C) groups is 1. The lowest BCUT2D eigenvalue weighted by atomic mass is 9.56. The largest absolute Gasteiger partial charge is 0.349 e. The second kappa shape index (κ2) is 6.36. The van der Waals surface area contributed by atoms with E-state index in [-0.39, 0.29) is 17.7 Å². The summed E-state index contributed by atoms with van der Waals surface area (Å²) in [6.45, 7) is 0. The molecule has 0 heterocycles. The van der Waals surface area contributed by atoms with Crippen molar-refractivity contribution < 1.29 is 14.3 Å². The van der Waals surface area contributed by atoms with E-state index in [4.69, 9.17) is 9.47 Å². The molecule has 4 heteroatoms. The highest BCUT2D eigenvalue weighted by Gasteiger charge is 2.55. The Labute approximate surface area is 148 Å². The summed E-state index contributed by atoms with van der Waals surface area (Å²) in [5, 5.41) is 0. The Balaban J connectivity index is 1.76. The van der Waals surface area contributed by atoms with Crippen LogP contribution in [0.15, 0.2) is 59.6 Å². The molecule has 0 aliphatic heterocycles. The van der Waals surface area contributed by atoms with Gasteiger partial charge >= 0.3 is 0 Å². The molecule has 130 valence electrons. The fraction of sp³-hybridized carbons (Fsp3) is 0.429. The van der Waals surface area contributed by atoms with E-state index in [0.29, 0.717) is 17.4 Å². The third kappa shape index (κ3) is 2.60.